The number of nitrogens with one attached hydrogen (secondary N) is 1. The van der Waals surface area contributed by atoms with E-state index in [2.05, 4.69) is 12.2 Å². The van der Waals surface area contributed by atoms with E-state index in [9.17, 15) is 61.0 Å². The lowest BCUT2D eigenvalue weighted by molar-refractivity contribution is -0.379. The number of aliphatic hydroxyl groups is 11. The van der Waals surface area contributed by atoms with E-state index in [1.54, 1.807) is 12.2 Å². The van der Waals surface area contributed by atoms with Crippen LogP contribution in [-0.2, 0) is 33.2 Å². The summed E-state index contributed by atoms with van der Waals surface area (Å²) in [6, 6.07) is -0.958. The zero-order valence-corrected chi connectivity index (χ0v) is 32.4. The van der Waals surface area contributed by atoms with Gasteiger partial charge in [0, 0.05) is 6.42 Å². The first-order chi connectivity index (χ1) is 26.8. The molecule has 19 nitrogen and oxygen atoms in total. The Bertz CT molecular complexity index is 1120. The predicted molar refractivity (Wildman–Crippen MR) is 194 cm³/mol. The molecular weight excluding hydrogens is 746 g/mol. The molecule has 12 N–H and O–H groups in total. The zero-order valence-electron chi connectivity index (χ0n) is 32.4. The van der Waals surface area contributed by atoms with Gasteiger partial charge in [-0.05, 0) is 12.8 Å². The molecule has 3 saturated heterocycles. The van der Waals surface area contributed by atoms with Crippen LogP contribution in [0.4, 0.5) is 0 Å². The molecule has 0 bridgehead atoms. The van der Waals surface area contributed by atoms with Crippen LogP contribution in [0.3, 0.4) is 0 Å². The average Bonchev–Trinajstić information content (AvgIpc) is 3.19. The van der Waals surface area contributed by atoms with Crippen molar-refractivity contribution >= 4 is 5.91 Å². The van der Waals surface area contributed by atoms with Gasteiger partial charge in [0.2, 0.25) is 5.91 Å². The normalized spacial score (nSPS) is 37.8. The molecule has 0 aromatic carbocycles. The first-order valence-electron chi connectivity index (χ1n) is 19.9. The SMILES string of the molecule is CCCC/C=C/C(O)C(COC1OC(CO)C(OC2OC(CO)C(OC3OC(CO)C(O)C(O)C3O)C(O)C2O)C(O)C1O)NC(=O)CCCCCCCCC. The fraction of sp³-hybridized carbons (Fsp3) is 0.919. The number of amides is 1. The maximum absolute atomic E-state index is 12.9. The largest absolute Gasteiger partial charge is 0.394 e. The molecule has 19 heteroatoms. The van der Waals surface area contributed by atoms with E-state index in [0.29, 0.717) is 12.8 Å². The van der Waals surface area contributed by atoms with Crippen molar-refractivity contribution in [1.29, 1.82) is 0 Å². The molecule has 1 amide bonds. The molecule has 3 fully saturated rings. The van der Waals surface area contributed by atoms with Crippen LogP contribution in [0.15, 0.2) is 12.2 Å². The van der Waals surface area contributed by atoms with Gasteiger partial charge >= 0.3 is 0 Å². The molecule has 56 heavy (non-hydrogen) atoms. The van der Waals surface area contributed by atoms with Gasteiger partial charge in [0.1, 0.15) is 73.2 Å². The fourth-order valence-electron chi connectivity index (χ4n) is 6.82. The van der Waals surface area contributed by atoms with E-state index in [1.807, 2.05) is 6.92 Å². The fourth-order valence-corrected chi connectivity index (χ4v) is 6.82. The number of rotatable bonds is 24. The number of carbonyl (C=O) groups excluding carboxylic acids is 1. The molecule has 17 atom stereocenters. The van der Waals surface area contributed by atoms with E-state index >= 15 is 0 Å². The molecule has 0 radical (unpaired) electrons. The highest BCUT2D eigenvalue weighted by molar-refractivity contribution is 5.76. The molecule has 3 heterocycles. The summed E-state index contributed by atoms with van der Waals surface area (Å²) in [5.74, 6) is -0.296. The second-order valence-corrected chi connectivity index (χ2v) is 14.8. The van der Waals surface area contributed by atoms with Crippen LogP contribution in [0.1, 0.15) is 84.5 Å². The Kier molecular flexibility index (Phi) is 22.0. The summed E-state index contributed by atoms with van der Waals surface area (Å²) in [5.41, 5.74) is 0. The third kappa shape index (κ3) is 13.8. The molecule has 3 aliphatic heterocycles. The quantitative estimate of drug-likeness (QED) is 0.0346. The molecule has 3 rings (SSSR count). The van der Waals surface area contributed by atoms with E-state index in [-0.39, 0.29) is 18.9 Å². The van der Waals surface area contributed by atoms with Crippen LogP contribution in [0.2, 0.25) is 0 Å². The van der Waals surface area contributed by atoms with Gasteiger partial charge in [-0.25, -0.2) is 0 Å². The number of hydrogen-bond donors (Lipinski definition) is 12. The summed E-state index contributed by atoms with van der Waals surface area (Å²) in [4.78, 5) is 12.9. The molecule has 0 spiro atoms. The maximum Gasteiger partial charge on any atom is 0.220 e. The second kappa shape index (κ2) is 25.2. The van der Waals surface area contributed by atoms with Crippen molar-refractivity contribution in [2.24, 2.45) is 0 Å². The monoisotopic (exact) mass is 813 g/mol. The topological polar surface area (TPSA) is 307 Å². The van der Waals surface area contributed by atoms with Crippen LogP contribution in [0.5, 0.6) is 0 Å². The minimum absolute atomic E-state index is 0.241. The smallest absolute Gasteiger partial charge is 0.220 e. The van der Waals surface area contributed by atoms with Gasteiger partial charge < -0.3 is 89.9 Å². The van der Waals surface area contributed by atoms with Crippen LogP contribution >= 0.6 is 0 Å². The van der Waals surface area contributed by atoms with Gasteiger partial charge in [-0.2, -0.15) is 0 Å². The van der Waals surface area contributed by atoms with Crippen molar-refractivity contribution in [2.75, 3.05) is 26.4 Å². The number of aliphatic hydroxyl groups excluding tert-OH is 11. The second-order valence-electron chi connectivity index (χ2n) is 14.8. The van der Waals surface area contributed by atoms with E-state index in [4.69, 9.17) is 28.4 Å². The van der Waals surface area contributed by atoms with Crippen molar-refractivity contribution in [1.82, 2.24) is 5.32 Å². The highest BCUT2D eigenvalue weighted by Crippen LogP contribution is 2.32. The van der Waals surface area contributed by atoms with Crippen LogP contribution in [0, 0.1) is 0 Å². The standard InChI is InChI=1S/C37H67NO18/c1-3-5-7-9-10-11-13-15-25(43)38-20(21(42)14-12-8-6-4-2)19-51-35-31(49)28(46)33(23(17-40)53-35)56-37-32(50)29(47)34(24(18-41)54-37)55-36-30(48)27(45)26(44)22(16-39)52-36/h12,14,20-24,26-37,39-42,44-50H,3-11,13,15-19H2,1-2H3,(H,38,43)/b14-12+. The van der Waals surface area contributed by atoms with Gasteiger partial charge in [-0.3, -0.25) is 4.79 Å². The van der Waals surface area contributed by atoms with Crippen molar-refractivity contribution in [3.63, 3.8) is 0 Å². The van der Waals surface area contributed by atoms with E-state index in [0.717, 1.165) is 44.9 Å². The molecule has 17 unspecified atom stereocenters. The summed E-state index contributed by atoms with van der Waals surface area (Å²) in [5, 5.41) is 118. The number of unbranched alkanes of at least 4 members (excludes halogenated alkanes) is 8. The minimum atomic E-state index is -1.97. The lowest BCUT2D eigenvalue weighted by atomic mass is 9.96. The van der Waals surface area contributed by atoms with E-state index in [1.165, 1.54) is 6.42 Å². The Morgan fingerprint density at radius 3 is 1.66 bits per heavy atom. The highest BCUT2D eigenvalue weighted by atomic mass is 16.8. The third-order valence-corrected chi connectivity index (χ3v) is 10.3. The Hall–Kier alpha value is -1.47. The van der Waals surface area contributed by atoms with Crippen LogP contribution in [0.25, 0.3) is 0 Å². The first kappa shape index (κ1) is 48.9. The molecular formula is C37H67NO18. The molecule has 0 saturated carbocycles. The Morgan fingerprint density at radius 2 is 1.11 bits per heavy atom. The van der Waals surface area contributed by atoms with Gasteiger partial charge in [0.25, 0.3) is 0 Å². The summed E-state index contributed by atoms with van der Waals surface area (Å²) < 4.78 is 33.7. The molecule has 0 aliphatic carbocycles. The van der Waals surface area contributed by atoms with Gasteiger partial charge in [-0.15, -0.1) is 0 Å². The lowest BCUT2D eigenvalue weighted by Gasteiger charge is -2.48. The predicted octanol–water partition coefficient (Wildman–Crippen LogP) is -2.82. The summed E-state index contributed by atoms with van der Waals surface area (Å²) in [6.45, 7) is 1.41. The van der Waals surface area contributed by atoms with Crippen LogP contribution in [-0.4, -0.2) is 193 Å². The van der Waals surface area contributed by atoms with E-state index < -0.39 is 124 Å². The van der Waals surface area contributed by atoms with Gasteiger partial charge in [0.15, 0.2) is 18.9 Å². The average molecular weight is 814 g/mol. The Balaban J connectivity index is 1.63. The highest BCUT2D eigenvalue weighted by Gasteiger charge is 2.53. The van der Waals surface area contributed by atoms with Crippen molar-refractivity contribution in [2.45, 2.75) is 189 Å². The zero-order chi connectivity index (χ0) is 41.4. The van der Waals surface area contributed by atoms with Crippen molar-refractivity contribution < 1.29 is 89.4 Å². The molecule has 328 valence electrons. The number of carbonyl (C=O) groups is 1. The first-order valence-corrected chi connectivity index (χ1v) is 19.9. The van der Waals surface area contributed by atoms with Crippen molar-refractivity contribution in [3.05, 3.63) is 12.2 Å². The maximum atomic E-state index is 12.9. The lowest BCUT2D eigenvalue weighted by Crippen LogP contribution is -2.66. The molecule has 3 aliphatic rings. The van der Waals surface area contributed by atoms with Gasteiger partial charge in [-0.1, -0.05) is 77.4 Å². The van der Waals surface area contributed by atoms with Crippen LogP contribution < -0.4 is 5.32 Å². The number of hydrogen-bond acceptors (Lipinski definition) is 18. The van der Waals surface area contributed by atoms with Crippen molar-refractivity contribution in [3.8, 4) is 0 Å². The minimum Gasteiger partial charge on any atom is -0.394 e. The molecule has 0 aromatic rings. The summed E-state index contributed by atoms with van der Waals surface area (Å²) in [7, 11) is 0. The van der Waals surface area contributed by atoms with Gasteiger partial charge in [0.05, 0.1) is 38.6 Å². The number of allylic oxidation sites excluding steroid dienone is 1. The third-order valence-electron chi connectivity index (χ3n) is 10.3. The Labute approximate surface area is 327 Å². The summed E-state index contributed by atoms with van der Waals surface area (Å²) in [6.07, 6.45) is -13.4. The summed E-state index contributed by atoms with van der Waals surface area (Å²) >= 11 is 0. The molecule has 0 aromatic heterocycles. The number of ether oxygens (including phenoxy) is 6. The Morgan fingerprint density at radius 1 is 0.625 bits per heavy atom.